The molecule has 1 unspecified atom stereocenters. The standard InChI is InChI=1S/C31H29N2O4PS/c1-32(24-11-7-4-8-12-24)17-18-33(39(2,35)36)29-20-30-27(19-26(29)22-9-5-3-6-10-22)28(21-34)31(37-30)23-13-15-25(38)16-14-23/h3-16,19-21H,17-18,38H2,1-2H3. The van der Waals surface area contributed by atoms with Crippen LogP contribution in [-0.4, -0.2) is 41.1 Å². The van der Waals surface area contributed by atoms with Crippen molar-refractivity contribution in [1.29, 1.82) is 0 Å². The smallest absolute Gasteiger partial charge is 0.232 e. The fourth-order valence-corrected chi connectivity index (χ4v) is 5.80. The van der Waals surface area contributed by atoms with Gasteiger partial charge in [0, 0.05) is 41.9 Å². The molecule has 198 valence electrons. The normalized spacial score (nSPS) is 11.5. The Kier molecular flexibility index (Phi) is 7.56. The lowest BCUT2D eigenvalue weighted by Crippen LogP contribution is -2.37. The Morgan fingerprint density at radius 3 is 2.10 bits per heavy atom. The van der Waals surface area contributed by atoms with Crippen LogP contribution in [0.1, 0.15) is 10.4 Å². The number of hydrogen-bond acceptors (Lipinski definition) is 5. The Morgan fingerprint density at radius 2 is 1.49 bits per heavy atom. The molecule has 0 saturated carbocycles. The van der Waals surface area contributed by atoms with Crippen molar-refractivity contribution in [2.45, 2.75) is 0 Å². The van der Waals surface area contributed by atoms with Gasteiger partial charge in [0.2, 0.25) is 10.0 Å². The monoisotopic (exact) mass is 556 g/mol. The third-order valence-corrected chi connectivity index (χ3v) is 8.29. The maximum absolute atomic E-state index is 13.2. The average Bonchev–Trinajstić information content (AvgIpc) is 3.30. The summed E-state index contributed by atoms with van der Waals surface area (Å²) in [6, 6.07) is 30.7. The predicted molar refractivity (Wildman–Crippen MR) is 164 cm³/mol. The minimum atomic E-state index is -3.67. The molecule has 0 saturated heterocycles. The first-order chi connectivity index (χ1) is 18.8. The highest BCUT2D eigenvalue weighted by atomic mass is 32.2. The minimum Gasteiger partial charge on any atom is -0.455 e. The summed E-state index contributed by atoms with van der Waals surface area (Å²) in [4.78, 5) is 14.3. The van der Waals surface area contributed by atoms with Crippen molar-refractivity contribution < 1.29 is 17.6 Å². The van der Waals surface area contributed by atoms with Crippen molar-refractivity contribution in [2.75, 3.05) is 35.6 Å². The molecule has 0 radical (unpaired) electrons. The summed E-state index contributed by atoms with van der Waals surface area (Å²) in [5.41, 5.74) is 4.68. The van der Waals surface area contributed by atoms with Gasteiger partial charge in [0.15, 0.2) is 6.29 Å². The number of nitrogens with zero attached hydrogens (tertiary/aromatic N) is 2. The Hall–Kier alpha value is -3.93. The minimum absolute atomic E-state index is 0.222. The molecule has 1 heterocycles. The summed E-state index contributed by atoms with van der Waals surface area (Å²) in [6.07, 6.45) is 2.01. The van der Waals surface area contributed by atoms with Gasteiger partial charge in [-0.2, -0.15) is 0 Å². The first kappa shape index (κ1) is 26.7. The highest BCUT2D eigenvalue weighted by Crippen LogP contribution is 2.41. The molecule has 4 aromatic carbocycles. The van der Waals surface area contributed by atoms with Gasteiger partial charge in [0.05, 0.1) is 24.1 Å². The molecule has 0 aliphatic rings. The van der Waals surface area contributed by atoms with Gasteiger partial charge in [-0.15, -0.1) is 9.24 Å². The van der Waals surface area contributed by atoms with Crippen LogP contribution in [0, 0.1) is 0 Å². The second-order valence-corrected chi connectivity index (χ2v) is 12.0. The quantitative estimate of drug-likeness (QED) is 0.165. The second kappa shape index (κ2) is 11.0. The van der Waals surface area contributed by atoms with Gasteiger partial charge in [0.1, 0.15) is 11.3 Å². The van der Waals surface area contributed by atoms with Gasteiger partial charge >= 0.3 is 0 Å². The summed E-state index contributed by atoms with van der Waals surface area (Å²) in [7, 11) is 0.908. The van der Waals surface area contributed by atoms with Gasteiger partial charge in [-0.1, -0.05) is 72.8 Å². The van der Waals surface area contributed by atoms with Crippen molar-refractivity contribution in [3.05, 3.63) is 103 Å². The van der Waals surface area contributed by atoms with Crippen molar-refractivity contribution in [1.82, 2.24) is 0 Å². The molecule has 39 heavy (non-hydrogen) atoms. The van der Waals surface area contributed by atoms with Crippen LogP contribution < -0.4 is 14.5 Å². The van der Waals surface area contributed by atoms with Crippen molar-refractivity contribution in [2.24, 2.45) is 0 Å². The molecule has 0 aliphatic heterocycles. The van der Waals surface area contributed by atoms with E-state index in [0.29, 0.717) is 40.1 Å². The summed E-state index contributed by atoms with van der Waals surface area (Å²) in [6.45, 7) is 0.688. The molecular weight excluding hydrogens is 527 g/mol. The maximum atomic E-state index is 13.2. The maximum Gasteiger partial charge on any atom is 0.232 e. The fraction of sp³-hybridized carbons (Fsp3) is 0.129. The molecule has 0 bridgehead atoms. The first-order valence-electron chi connectivity index (χ1n) is 12.5. The molecule has 0 fully saturated rings. The lowest BCUT2D eigenvalue weighted by atomic mass is 9.99. The predicted octanol–water partition coefficient (Wildman–Crippen LogP) is 5.98. The number of anilines is 2. The lowest BCUT2D eigenvalue weighted by molar-refractivity contribution is 0.112. The van der Waals surface area contributed by atoms with E-state index in [4.69, 9.17) is 4.42 Å². The molecule has 0 spiro atoms. The number of benzene rings is 4. The second-order valence-electron chi connectivity index (χ2n) is 9.41. The Morgan fingerprint density at radius 1 is 0.846 bits per heavy atom. The molecule has 0 amide bonds. The van der Waals surface area contributed by atoms with Crippen molar-refractivity contribution in [3.8, 4) is 22.5 Å². The van der Waals surface area contributed by atoms with E-state index in [1.807, 2.05) is 103 Å². The number of rotatable bonds is 9. The number of furan rings is 1. The van der Waals surface area contributed by atoms with Gasteiger partial charge < -0.3 is 9.32 Å². The number of para-hydroxylation sites is 1. The van der Waals surface area contributed by atoms with Gasteiger partial charge in [0.25, 0.3) is 0 Å². The van der Waals surface area contributed by atoms with Crippen LogP contribution in [0.3, 0.4) is 0 Å². The highest BCUT2D eigenvalue weighted by molar-refractivity contribution is 7.92. The zero-order valence-corrected chi connectivity index (χ0v) is 23.7. The zero-order chi connectivity index (χ0) is 27.6. The molecular formula is C31H29N2O4PS. The SMILES string of the molecule is CN(CCN(c1cc2oc(-c3ccc(P)cc3)c(C=O)c2cc1-c1ccccc1)S(C)(=O)=O)c1ccccc1. The number of aldehydes is 1. The average molecular weight is 557 g/mol. The molecule has 5 aromatic rings. The molecule has 8 heteroatoms. The third-order valence-electron chi connectivity index (χ3n) is 6.72. The van der Waals surface area contributed by atoms with Gasteiger partial charge in [-0.05, 0) is 29.1 Å². The summed E-state index contributed by atoms with van der Waals surface area (Å²) >= 11 is 0. The van der Waals surface area contributed by atoms with Gasteiger partial charge in [-0.3, -0.25) is 9.10 Å². The van der Waals surface area contributed by atoms with E-state index < -0.39 is 10.0 Å². The first-order valence-corrected chi connectivity index (χ1v) is 14.9. The van der Waals surface area contributed by atoms with Crippen LogP contribution in [-0.2, 0) is 10.0 Å². The van der Waals surface area contributed by atoms with Crippen molar-refractivity contribution in [3.63, 3.8) is 0 Å². The van der Waals surface area contributed by atoms with E-state index in [1.54, 1.807) is 6.07 Å². The Bertz CT molecular complexity index is 1720. The van der Waals surface area contributed by atoms with E-state index in [2.05, 4.69) is 9.24 Å². The number of likely N-dealkylation sites (N-methyl/N-ethyl adjacent to an activating group) is 1. The van der Waals surface area contributed by atoms with E-state index >= 15 is 0 Å². The van der Waals surface area contributed by atoms with Crippen LogP contribution in [0.5, 0.6) is 0 Å². The molecule has 1 atom stereocenters. The number of sulfonamides is 1. The summed E-state index contributed by atoms with van der Waals surface area (Å²) in [5, 5.41) is 1.65. The van der Waals surface area contributed by atoms with E-state index in [9.17, 15) is 13.2 Å². The number of carbonyl (C=O) groups excluding carboxylic acids is 1. The molecule has 0 aliphatic carbocycles. The Balaban J connectivity index is 1.67. The highest BCUT2D eigenvalue weighted by Gasteiger charge is 2.25. The number of carbonyl (C=O) groups is 1. The van der Waals surface area contributed by atoms with E-state index in [-0.39, 0.29) is 6.54 Å². The van der Waals surface area contributed by atoms with Crippen molar-refractivity contribution >= 4 is 53.2 Å². The van der Waals surface area contributed by atoms with Crippen LogP contribution in [0.2, 0.25) is 0 Å². The summed E-state index contributed by atoms with van der Waals surface area (Å²) in [5.74, 6) is 0.455. The number of fused-ring (bicyclic) bond motifs is 1. The fourth-order valence-electron chi connectivity index (χ4n) is 4.69. The van der Waals surface area contributed by atoms with Crippen LogP contribution in [0.25, 0.3) is 33.4 Å². The summed E-state index contributed by atoms with van der Waals surface area (Å²) < 4.78 is 34.1. The molecule has 5 rings (SSSR count). The molecule has 6 nitrogen and oxygen atoms in total. The topological polar surface area (TPSA) is 70.8 Å². The van der Waals surface area contributed by atoms with E-state index in [1.165, 1.54) is 10.6 Å². The van der Waals surface area contributed by atoms with Gasteiger partial charge in [-0.25, -0.2) is 8.42 Å². The van der Waals surface area contributed by atoms with Crippen LogP contribution >= 0.6 is 9.24 Å². The Labute approximate surface area is 231 Å². The molecule has 0 N–H and O–H groups in total. The number of hydrogen-bond donors (Lipinski definition) is 0. The largest absolute Gasteiger partial charge is 0.455 e. The van der Waals surface area contributed by atoms with Crippen LogP contribution in [0.15, 0.2) is 101 Å². The van der Waals surface area contributed by atoms with Crippen LogP contribution in [0.4, 0.5) is 11.4 Å². The lowest BCUT2D eigenvalue weighted by Gasteiger charge is -2.28. The van der Waals surface area contributed by atoms with E-state index in [0.717, 1.165) is 28.4 Å². The molecule has 1 aromatic heterocycles. The third kappa shape index (κ3) is 5.60. The zero-order valence-electron chi connectivity index (χ0n) is 21.7.